The van der Waals surface area contributed by atoms with E-state index in [9.17, 15) is 19.2 Å². The number of H-pyrrole nitrogens is 2. The lowest BCUT2D eigenvalue weighted by Crippen LogP contribution is -2.54. The SMILES string of the molecule is CC[C@H]1CC[C@@H](c2ncc(-c3ccc4c(c3)COc3cc5c(ccc6[nH]c([C@@H]7CC[C@H](C)N7C(=O)[C@@H](NC(=O)OC)[C@@H](C)CC)nc65)cc3-4)[nH]2)N1C(=O)C(NC(=O)OC)C1CCOCC1. The van der Waals surface area contributed by atoms with Crippen molar-refractivity contribution in [3.05, 3.63) is 65.9 Å². The number of likely N-dealkylation sites (tertiary alicyclic amines) is 2. The van der Waals surface area contributed by atoms with Crippen LogP contribution < -0.4 is 15.4 Å². The molecule has 9 rings (SSSR count). The normalized spacial score (nSPS) is 22.2. The number of methoxy groups -OCH3 is 2. The number of nitrogens with one attached hydrogen (secondary N) is 4. The first-order valence-corrected chi connectivity index (χ1v) is 23.2. The van der Waals surface area contributed by atoms with Gasteiger partial charge in [0.15, 0.2) is 0 Å². The molecule has 344 valence electrons. The highest BCUT2D eigenvalue weighted by Gasteiger charge is 2.45. The second-order valence-corrected chi connectivity index (χ2v) is 18.1. The van der Waals surface area contributed by atoms with Crippen molar-refractivity contribution in [3.8, 4) is 28.1 Å². The molecule has 4 aliphatic rings. The molecule has 3 aromatic carbocycles. The van der Waals surface area contributed by atoms with Gasteiger partial charge in [0, 0.05) is 36.2 Å². The Bertz CT molecular complexity index is 2600. The predicted octanol–water partition coefficient (Wildman–Crippen LogP) is 8.08. The average Bonchev–Trinajstić information content (AvgIpc) is 4.17. The number of alkyl carbamates (subject to hydrolysis) is 2. The summed E-state index contributed by atoms with van der Waals surface area (Å²) in [6.45, 7) is 9.59. The lowest BCUT2D eigenvalue weighted by Gasteiger charge is -2.36. The Morgan fingerprint density at radius 3 is 2.35 bits per heavy atom. The quantitative estimate of drug-likeness (QED) is 0.101. The van der Waals surface area contributed by atoms with Gasteiger partial charge in [-0.2, -0.15) is 0 Å². The van der Waals surface area contributed by atoms with Crippen molar-refractivity contribution < 1.29 is 38.1 Å². The standard InChI is InChI=1S/C49H60N8O8/c1-7-26(3)41(54-48(60)62-5)46(58)56-27(4)9-15-39(56)45-51-36-14-11-29-22-35-33-13-10-30(21-31(33)25-65-40(35)23-34(29)43(36)53-45)37-24-50-44(52-37)38-16-12-32(8-2)57(38)47(59)42(55-49(61)63-6)28-17-19-64-20-18-28/h10-11,13-14,21-24,26-28,32,38-39,41-42H,7-9,12,15-20,25H2,1-6H3,(H,50,52)(H,51,53)(H,54,60)(H,55,61)/t26-,27-,32-,38-,39-,41-,42?/m0/s1. The van der Waals surface area contributed by atoms with E-state index in [2.05, 4.69) is 63.9 Å². The van der Waals surface area contributed by atoms with Gasteiger partial charge in [-0.1, -0.05) is 45.4 Å². The minimum atomic E-state index is -0.714. The molecule has 3 fully saturated rings. The Hall–Kier alpha value is -6.16. The topological polar surface area (TPSA) is 193 Å². The molecule has 0 saturated carbocycles. The van der Waals surface area contributed by atoms with Gasteiger partial charge >= 0.3 is 12.2 Å². The highest BCUT2D eigenvalue weighted by molar-refractivity contribution is 6.07. The molecule has 65 heavy (non-hydrogen) atoms. The van der Waals surface area contributed by atoms with Crippen molar-refractivity contribution in [2.45, 2.75) is 122 Å². The summed E-state index contributed by atoms with van der Waals surface area (Å²) in [6.07, 6.45) is 6.64. The second kappa shape index (κ2) is 18.4. The van der Waals surface area contributed by atoms with Crippen LogP contribution >= 0.6 is 0 Å². The van der Waals surface area contributed by atoms with Gasteiger partial charge in [0.2, 0.25) is 11.8 Å². The lowest BCUT2D eigenvalue weighted by atomic mass is 9.90. The van der Waals surface area contributed by atoms with Crippen molar-refractivity contribution in [3.63, 3.8) is 0 Å². The van der Waals surface area contributed by atoms with Crippen molar-refractivity contribution >= 4 is 45.8 Å². The zero-order valence-corrected chi connectivity index (χ0v) is 38.1. The zero-order valence-electron chi connectivity index (χ0n) is 38.1. The Morgan fingerprint density at radius 1 is 0.846 bits per heavy atom. The van der Waals surface area contributed by atoms with Crippen LogP contribution in [0.3, 0.4) is 0 Å². The van der Waals surface area contributed by atoms with Gasteiger partial charge in [-0.25, -0.2) is 19.6 Å². The van der Waals surface area contributed by atoms with Crippen LogP contribution in [0.25, 0.3) is 44.2 Å². The summed E-state index contributed by atoms with van der Waals surface area (Å²) in [5, 5.41) is 7.63. The first kappa shape index (κ1) is 44.1. The first-order valence-electron chi connectivity index (χ1n) is 23.2. The summed E-state index contributed by atoms with van der Waals surface area (Å²) in [5.74, 6) is 1.83. The number of hydrogen-bond acceptors (Lipinski definition) is 10. The number of nitrogens with zero attached hydrogens (tertiary/aromatic N) is 4. The van der Waals surface area contributed by atoms with E-state index in [1.165, 1.54) is 14.2 Å². The number of carbonyl (C=O) groups is 4. The molecule has 0 spiro atoms. The zero-order chi connectivity index (χ0) is 45.5. The number of aromatic nitrogens is 4. The molecule has 0 bridgehead atoms. The molecule has 4 amide bonds. The summed E-state index contributed by atoms with van der Waals surface area (Å²) in [5.41, 5.74) is 6.61. The van der Waals surface area contributed by atoms with Gasteiger partial charge in [-0.05, 0) is 110 Å². The van der Waals surface area contributed by atoms with E-state index in [4.69, 9.17) is 28.9 Å². The molecule has 0 radical (unpaired) electrons. The van der Waals surface area contributed by atoms with E-state index in [1.807, 2.05) is 42.8 Å². The third-order valence-corrected chi connectivity index (χ3v) is 14.5. The number of fused-ring (bicyclic) bond motifs is 6. The molecule has 16 heteroatoms. The summed E-state index contributed by atoms with van der Waals surface area (Å²) in [4.78, 5) is 74.3. The lowest BCUT2D eigenvalue weighted by molar-refractivity contribution is -0.139. The van der Waals surface area contributed by atoms with E-state index in [1.54, 1.807) is 0 Å². The number of hydrogen-bond donors (Lipinski definition) is 4. The minimum Gasteiger partial charge on any atom is -0.488 e. The third kappa shape index (κ3) is 8.25. The Kier molecular flexibility index (Phi) is 12.5. The Balaban J connectivity index is 0.965. The van der Waals surface area contributed by atoms with Crippen LogP contribution in [0.1, 0.15) is 108 Å². The van der Waals surface area contributed by atoms with Gasteiger partial charge in [-0.3, -0.25) is 9.59 Å². The van der Waals surface area contributed by atoms with E-state index in [-0.39, 0.29) is 47.8 Å². The van der Waals surface area contributed by atoms with Gasteiger partial charge in [0.05, 0.1) is 49.2 Å². The summed E-state index contributed by atoms with van der Waals surface area (Å²) in [7, 11) is 2.62. The molecule has 3 saturated heterocycles. The maximum atomic E-state index is 14.4. The third-order valence-electron chi connectivity index (χ3n) is 14.5. The van der Waals surface area contributed by atoms with Crippen LogP contribution in [0.15, 0.2) is 48.7 Å². The number of benzene rings is 3. The largest absolute Gasteiger partial charge is 0.488 e. The van der Waals surface area contributed by atoms with Crippen molar-refractivity contribution in [1.82, 2.24) is 40.4 Å². The molecule has 2 aromatic heterocycles. The van der Waals surface area contributed by atoms with Crippen LogP contribution in [0, 0.1) is 11.8 Å². The molecule has 0 aliphatic carbocycles. The molecule has 4 aliphatic heterocycles. The molecular formula is C49H60N8O8. The summed E-state index contributed by atoms with van der Waals surface area (Å²) < 4.78 is 21.9. The molecule has 5 aromatic rings. The number of carbonyl (C=O) groups excluding carboxylic acids is 4. The van der Waals surface area contributed by atoms with Crippen molar-refractivity contribution in [2.24, 2.45) is 11.8 Å². The first-order chi connectivity index (χ1) is 31.5. The monoisotopic (exact) mass is 888 g/mol. The van der Waals surface area contributed by atoms with Crippen molar-refractivity contribution in [2.75, 3.05) is 27.4 Å². The highest BCUT2D eigenvalue weighted by Crippen LogP contribution is 2.44. The molecular weight excluding hydrogens is 829 g/mol. The number of amides is 4. The fraction of sp³-hybridized carbons (Fsp3) is 0.510. The van der Waals surface area contributed by atoms with Gasteiger partial charge in [0.25, 0.3) is 0 Å². The van der Waals surface area contributed by atoms with Gasteiger partial charge in [-0.15, -0.1) is 0 Å². The highest BCUT2D eigenvalue weighted by atomic mass is 16.5. The van der Waals surface area contributed by atoms with Crippen LogP contribution in [0.4, 0.5) is 9.59 Å². The van der Waals surface area contributed by atoms with Crippen LogP contribution in [0.2, 0.25) is 0 Å². The summed E-state index contributed by atoms with van der Waals surface area (Å²) >= 11 is 0. The van der Waals surface area contributed by atoms with E-state index < -0.39 is 24.3 Å². The van der Waals surface area contributed by atoms with E-state index >= 15 is 0 Å². The van der Waals surface area contributed by atoms with Crippen LogP contribution in [-0.2, 0) is 30.4 Å². The second-order valence-electron chi connectivity index (χ2n) is 18.1. The maximum Gasteiger partial charge on any atom is 0.407 e. The van der Waals surface area contributed by atoms with Crippen LogP contribution in [0.5, 0.6) is 5.75 Å². The van der Waals surface area contributed by atoms with Crippen LogP contribution in [-0.4, -0.2) is 105 Å². The number of imidazole rings is 2. The van der Waals surface area contributed by atoms with Gasteiger partial charge < -0.3 is 49.3 Å². The molecule has 6 heterocycles. The molecule has 7 atom stereocenters. The minimum absolute atomic E-state index is 0.0221. The predicted molar refractivity (Wildman–Crippen MR) is 244 cm³/mol. The van der Waals surface area contributed by atoms with Gasteiger partial charge in [0.1, 0.15) is 36.1 Å². The number of rotatable bonds is 11. The summed E-state index contributed by atoms with van der Waals surface area (Å²) in [6, 6.07) is 12.8. The Labute approximate surface area is 378 Å². The number of ether oxygens (including phenoxy) is 4. The number of aromatic amines is 2. The van der Waals surface area contributed by atoms with E-state index in [0.717, 1.165) is 106 Å². The fourth-order valence-corrected chi connectivity index (χ4v) is 10.6. The average molecular weight is 889 g/mol. The molecule has 1 unspecified atom stereocenters. The Morgan fingerprint density at radius 2 is 1.60 bits per heavy atom. The molecule has 4 N–H and O–H groups in total. The van der Waals surface area contributed by atoms with E-state index in [0.29, 0.717) is 32.7 Å². The smallest absolute Gasteiger partial charge is 0.407 e. The molecule has 16 nitrogen and oxygen atoms in total. The fourth-order valence-electron chi connectivity index (χ4n) is 10.6. The maximum absolute atomic E-state index is 14.4. The van der Waals surface area contributed by atoms with Crippen molar-refractivity contribution in [1.29, 1.82) is 0 Å².